The van der Waals surface area contributed by atoms with Gasteiger partial charge < -0.3 is 15.4 Å². The van der Waals surface area contributed by atoms with Crippen molar-refractivity contribution < 1.29 is 13.2 Å². The maximum Gasteiger partial charge on any atom is 0.243 e. The summed E-state index contributed by atoms with van der Waals surface area (Å²) in [6.07, 6.45) is 2.02. The number of nitrogens with zero attached hydrogens (tertiary/aromatic N) is 2. The topological polar surface area (TPSA) is 83.0 Å². The summed E-state index contributed by atoms with van der Waals surface area (Å²) in [5, 5.41) is 6.38. The van der Waals surface area contributed by atoms with Gasteiger partial charge in [-0.25, -0.2) is 8.42 Å². The predicted molar refractivity (Wildman–Crippen MR) is 108 cm³/mol. The molecule has 2 rings (SSSR count). The molecule has 8 heteroatoms. The molecule has 152 valence electrons. The minimum absolute atomic E-state index is 0.361. The summed E-state index contributed by atoms with van der Waals surface area (Å²) in [5.74, 6) is 1.10. The number of sulfonamides is 1. The fourth-order valence-electron chi connectivity index (χ4n) is 3.09. The minimum atomic E-state index is -3.40. The maximum absolute atomic E-state index is 12.8. The number of hydrogen-bond donors (Lipinski definition) is 2. The number of aliphatic imine (C=N–C) groups is 1. The molecular formula is C19H32N4O3S. The number of nitrogens with one attached hydrogen (secondary N) is 2. The van der Waals surface area contributed by atoms with Gasteiger partial charge in [0.05, 0.1) is 11.5 Å². The summed E-state index contributed by atoms with van der Waals surface area (Å²) in [5.41, 5.74) is 0.994. The Labute approximate surface area is 163 Å². The zero-order valence-corrected chi connectivity index (χ0v) is 17.4. The van der Waals surface area contributed by atoms with Gasteiger partial charge in [-0.1, -0.05) is 19.1 Å². The molecule has 1 fully saturated rings. The molecule has 1 aliphatic heterocycles. The molecule has 27 heavy (non-hydrogen) atoms. The Balaban J connectivity index is 1.90. The zero-order valence-electron chi connectivity index (χ0n) is 16.6. The summed E-state index contributed by atoms with van der Waals surface area (Å²) in [6, 6.07) is 7.08. The van der Waals surface area contributed by atoms with Crippen LogP contribution in [-0.2, 0) is 21.3 Å². The second kappa shape index (κ2) is 10.6. The molecule has 1 atom stereocenters. The van der Waals surface area contributed by atoms with Crippen molar-refractivity contribution in [1.29, 1.82) is 0 Å². The number of guanidine groups is 1. The van der Waals surface area contributed by atoms with Gasteiger partial charge in [0, 0.05) is 39.8 Å². The lowest BCUT2D eigenvalue weighted by molar-refractivity contribution is 0.152. The maximum atomic E-state index is 12.8. The third-order valence-electron chi connectivity index (χ3n) is 4.61. The first-order valence-corrected chi connectivity index (χ1v) is 11.0. The van der Waals surface area contributed by atoms with Gasteiger partial charge in [-0.3, -0.25) is 4.99 Å². The molecule has 0 saturated carbocycles. The summed E-state index contributed by atoms with van der Waals surface area (Å²) in [7, 11) is -1.69. The number of hydrogen-bond acceptors (Lipinski definition) is 4. The lowest BCUT2D eigenvalue weighted by atomic mass is 10.0. The van der Waals surface area contributed by atoms with Crippen LogP contribution in [0.5, 0.6) is 0 Å². The first-order valence-electron chi connectivity index (χ1n) is 9.58. The molecule has 0 amide bonds. The Kier molecular flexibility index (Phi) is 8.53. The van der Waals surface area contributed by atoms with E-state index in [0.29, 0.717) is 56.2 Å². The van der Waals surface area contributed by atoms with Gasteiger partial charge in [-0.2, -0.15) is 4.31 Å². The Bertz CT molecular complexity index is 704. The predicted octanol–water partition coefficient (Wildman–Crippen LogP) is 1.81. The first kappa shape index (κ1) is 21.7. The van der Waals surface area contributed by atoms with Crippen molar-refractivity contribution in [2.45, 2.75) is 38.1 Å². The Morgan fingerprint density at radius 1 is 1.30 bits per heavy atom. The molecule has 0 spiro atoms. The molecule has 1 aromatic carbocycles. The lowest BCUT2D eigenvalue weighted by Gasteiger charge is -2.30. The van der Waals surface area contributed by atoms with E-state index in [2.05, 4.69) is 22.5 Å². The highest BCUT2D eigenvalue weighted by Crippen LogP contribution is 2.23. The van der Waals surface area contributed by atoms with Crippen LogP contribution < -0.4 is 10.6 Å². The van der Waals surface area contributed by atoms with Crippen LogP contribution in [0.15, 0.2) is 34.2 Å². The van der Waals surface area contributed by atoms with Gasteiger partial charge in [0.15, 0.2) is 5.96 Å². The number of ether oxygens (including phenoxy) is 1. The summed E-state index contributed by atoms with van der Waals surface area (Å²) in [4.78, 5) is 4.52. The monoisotopic (exact) mass is 396 g/mol. The molecule has 2 N–H and O–H groups in total. The van der Waals surface area contributed by atoms with Crippen molar-refractivity contribution >= 4 is 16.0 Å². The van der Waals surface area contributed by atoms with Crippen LogP contribution in [0.25, 0.3) is 0 Å². The van der Waals surface area contributed by atoms with Gasteiger partial charge >= 0.3 is 0 Å². The highest BCUT2D eigenvalue weighted by molar-refractivity contribution is 7.89. The van der Waals surface area contributed by atoms with E-state index in [1.807, 2.05) is 19.1 Å². The molecule has 7 nitrogen and oxygen atoms in total. The van der Waals surface area contributed by atoms with Crippen molar-refractivity contribution in [2.24, 2.45) is 10.9 Å². The quantitative estimate of drug-likeness (QED) is 0.398. The SMILES string of the molecule is CCOCCNC(=NC)NCc1ccc(S(=O)(=O)N2CCCC(C)C2)cc1. The van der Waals surface area contributed by atoms with Gasteiger partial charge in [-0.15, -0.1) is 0 Å². The lowest BCUT2D eigenvalue weighted by Crippen LogP contribution is -2.39. The summed E-state index contributed by atoms with van der Waals surface area (Å²) >= 11 is 0. The van der Waals surface area contributed by atoms with Crippen LogP contribution in [0.3, 0.4) is 0 Å². The molecule has 0 radical (unpaired) electrons. The highest BCUT2D eigenvalue weighted by atomic mass is 32.2. The zero-order chi connectivity index (χ0) is 19.7. The Morgan fingerprint density at radius 3 is 2.67 bits per heavy atom. The van der Waals surface area contributed by atoms with E-state index in [1.54, 1.807) is 23.5 Å². The standard InChI is InChI=1S/C19H32N4O3S/c1-4-26-13-11-21-19(20-3)22-14-17-7-9-18(10-8-17)27(24,25)23-12-5-6-16(2)15-23/h7-10,16H,4-6,11-15H2,1-3H3,(H2,20,21,22). The van der Waals surface area contributed by atoms with Crippen LogP contribution in [0, 0.1) is 5.92 Å². The smallest absolute Gasteiger partial charge is 0.243 e. The van der Waals surface area contributed by atoms with Gasteiger partial charge in [0.25, 0.3) is 0 Å². The van der Waals surface area contributed by atoms with Crippen LogP contribution in [-0.4, -0.2) is 58.6 Å². The van der Waals surface area contributed by atoms with Crippen molar-refractivity contribution in [2.75, 3.05) is 39.9 Å². The molecular weight excluding hydrogens is 364 g/mol. The normalized spacial score (nSPS) is 19.1. The highest BCUT2D eigenvalue weighted by Gasteiger charge is 2.28. The van der Waals surface area contributed by atoms with Gasteiger partial charge in [0.1, 0.15) is 0 Å². The van der Waals surface area contributed by atoms with Crippen LogP contribution in [0.1, 0.15) is 32.3 Å². The van der Waals surface area contributed by atoms with Crippen molar-refractivity contribution in [3.8, 4) is 0 Å². The second-order valence-electron chi connectivity index (χ2n) is 6.80. The molecule has 1 heterocycles. The fourth-order valence-corrected chi connectivity index (χ4v) is 4.68. The van der Waals surface area contributed by atoms with E-state index < -0.39 is 10.0 Å². The van der Waals surface area contributed by atoms with Crippen molar-refractivity contribution in [3.05, 3.63) is 29.8 Å². The van der Waals surface area contributed by atoms with Crippen LogP contribution in [0.2, 0.25) is 0 Å². The molecule has 0 aromatic heterocycles. The van der Waals surface area contributed by atoms with Crippen molar-refractivity contribution in [3.63, 3.8) is 0 Å². The van der Waals surface area contributed by atoms with Crippen LogP contribution in [0.4, 0.5) is 0 Å². The van der Waals surface area contributed by atoms with E-state index in [4.69, 9.17) is 4.74 Å². The summed E-state index contributed by atoms with van der Waals surface area (Å²) < 4.78 is 32.5. The largest absolute Gasteiger partial charge is 0.380 e. The van der Waals surface area contributed by atoms with Crippen LogP contribution >= 0.6 is 0 Å². The Hall–Kier alpha value is -1.64. The van der Waals surface area contributed by atoms with E-state index in [9.17, 15) is 8.42 Å². The summed E-state index contributed by atoms with van der Waals surface area (Å²) in [6.45, 7) is 7.84. The number of piperidine rings is 1. The van der Waals surface area contributed by atoms with E-state index >= 15 is 0 Å². The number of benzene rings is 1. The van der Waals surface area contributed by atoms with Crippen molar-refractivity contribution in [1.82, 2.24) is 14.9 Å². The molecule has 0 aliphatic carbocycles. The van der Waals surface area contributed by atoms with E-state index in [1.165, 1.54) is 0 Å². The minimum Gasteiger partial charge on any atom is -0.380 e. The number of rotatable bonds is 8. The molecule has 1 aliphatic rings. The second-order valence-corrected chi connectivity index (χ2v) is 8.74. The van der Waals surface area contributed by atoms with Gasteiger partial charge in [0.2, 0.25) is 10.0 Å². The molecule has 0 bridgehead atoms. The fraction of sp³-hybridized carbons (Fsp3) is 0.632. The average Bonchev–Trinajstić information content (AvgIpc) is 2.68. The van der Waals surface area contributed by atoms with E-state index in [0.717, 1.165) is 18.4 Å². The average molecular weight is 397 g/mol. The van der Waals surface area contributed by atoms with E-state index in [-0.39, 0.29) is 0 Å². The molecule has 1 unspecified atom stereocenters. The molecule has 1 aromatic rings. The van der Waals surface area contributed by atoms with Gasteiger partial charge in [-0.05, 0) is 43.4 Å². The Morgan fingerprint density at radius 2 is 2.04 bits per heavy atom. The third kappa shape index (κ3) is 6.48. The first-order chi connectivity index (χ1) is 13.0. The molecule has 1 saturated heterocycles. The third-order valence-corrected chi connectivity index (χ3v) is 6.49.